The lowest BCUT2D eigenvalue weighted by Crippen LogP contribution is -2.12. The van der Waals surface area contributed by atoms with Gasteiger partial charge in [-0.3, -0.25) is 0 Å². The molecule has 17 heavy (non-hydrogen) atoms. The topological polar surface area (TPSA) is 12.2 Å². The number of rotatable bonds is 2. The molecule has 0 aromatic heterocycles. The molecule has 1 aliphatic rings. The van der Waals surface area contributed by atoms with Crippen molar-refractivity contribution in [3.63, 3.8) is 0 Å². The van der Waals surface area contributed by atoms with Gasteiger partial charge in [-0.2, -0.15) is 0 Å². The number of hydrogen-bond acceptors (Lipinski definition) is 1. The third-order valence-corrected chi connectivity index (χ3v) is 2.78. The molecule has 0 atom stereocenters. The molecule has 2 nitrogen and oxygen atoms in total. The van der Waals surface area contributed by atoms with Gasteiger partial charge in [0.05, 0.1) is 12.7 Å². The van der Waals surface area contributed by atoms with E-state index in [1.165, 1.54) is 12.8 Å². The first kappa shape index (κ1) is 11.7. The molecule has 0 saturated heterocycles. The summed E-state index contributed by atoms with van der Waals surface area (Å²) in [5, 5.41) is 0. The van der Waals surface area contributed by atoms with Crippen LogP contribution in [0.15, 0.2) is 24.3 Å². The summed E-state index contributed by atoms with van der Waals surface area (Å²) < 4.78 is 7.23. The molecule has 0 unspecified atom stereocenters. The van der Waals surface area contributed by atoms with Gasteiger partial charge in [0, 0.05) is 11.8 Å². The Labute approximate surface area is 103 Å². The van der Waals surface area contributed by atoms with Gasteiger partial charge >= 0.3 is 0 Å². The predicted octanol–water partition coefficient (Wildman–Crippen LogP) is 2.17. The first-order valence-corrected chi connectivity index (χ1v) is 5.91. The maximum atomic E-state index is 5.16. The van der Waals surface area contributed by atoms with E-state index in [0.717, 1.165) is 17.0 Å². The molecule has 2 heteroatoms. The molecule has 88 valence electrons. The van der Waals surface area contributed by atoms with Gasteiger partial charge in [0.1, 0.15) is 19.8 Å². The second kappa shape index (κ2) is 5.05. The lowest BCUT2D eigenvalue weighted by atomic mass is 10.1. The van der Waals surface area contributed by atoms with E-state index in [4.69, 9.17) is 4.74 Å². The summed E-state index contributed by atoms with van der Waals surface area (Å²) in [4.78, 5) is 0. The zero-order valence-electron chi connectivity index (χ0n) is 10.7. The van der Waals surface area contributed by atoms with Crippen LogP contribution >= 0.6 is 0 Å². The molecule has 0 bridgehead atoms. The molecule has 1 saturated carbocycles. The van der Waals surface area contributed by atoms with Crippen LogP contribution in [0.5, 0.6) is 5.75 Å². The van der Waals surface area contributed by atoms with E-state index in [1.807, 2.05) is 26.2 Å². The molecule has 1 aromatic carbocycles. The molecular weight excluding hydrogens is 210 g/mol. The summed E-state index contributed by atoms with van der Waals surface area (Å²) in [6, 6.07) is 8.04. The van der Waals surface area contributed by atoms with E-state index >= 15 is 0 Å². The molecule has 0 N–H and O–H groups in total. The fraction of sp³-hybridized carbons (Fsp3) is 0.400. The van der Waals surface area contributed by atoms with Crippen LogP contribution < -0.4 is 4.74 Å². The van der Waals surface area contributed by atoms with Gasteiger partial charge < -0.3 is 4.74 Å². The molecule has 0 radical (unpaired) electrons. The minimum Gasteiger partial charge on any atom is -0.497 e. The Hall–Kier alpha value is -1.75. The highest BCUT2D eigenvalue weighted by molar-refractivity contribution is 6.09. The molecule has 1 aromatic rings. The van der Waals surface area contributed by atoms with Crippen LogP contribution in [-0.4, -0.2) is 31.5 Å². The van der Waals surface area contributed by atoms with E-state index in [0.29, 0.717) is 5.92 Å². The zero-order valence-corrected chi connectivity index (χ0v) is 10.7. The highest BCUT2D eigenvalue weighted by atomic mass is 16.5. The van der Waals surface area contributed by atoms with Gasteiger partial charge in [-0.05, 0) is 37.1 Å². The zero-order chi connectivity index (χ0) is 12.3. The molecular formula is C15H18NO+. The molecule has 0 spiro atoms. The van der Waals surface area contributed by atoms with Crippen LogP contribution in [0.25, 0.3) is 0 Å². The Balaban J connectivity index is 2.27. The number of benzene rings is 1. The lowest BCUT2D eigenvalue weighted by Gasteiger charge is -2.01. The normalized spacial score (nSPS) is 13.6. The Morgan fingerprint density at radius 2 is 1.88 bits per heavy atom. The van der Waals surface area contributed by atoms with Crippen LogP contribution in [0.2, 0.25) is 0 Å². The van der Waals surface area contributed by atoms with Gasteiger partial charge in [-0.15, -0.1) is 0 Å². The summed E-state index contributed by atoms with van der Waals surface area (Å²) in [7, 11) is 5.74. The van der Waals surface area contributed by atoms with E-state index in [9.17, 15) is 0 Å². The Kier molecular flexibility index (Phi) is 3.49. The van der Waals surface area contributed by atoms with Gasteiger partial charge in [0.25, 0.3) is 5.71 Å². The summed E-state index contributed by atoms with van der Waals surface area (Å²) >= 11 is 0. The van der Waals surface area contributed by atoms with Crippen LogP contribution in [0.1, 0.15) is 18.4 Å². The van der Waals surface area contributed by atoms with E-state index in [2.05, 4.69) is 28.5 Å². The predicted molar refractivity (Wildman–Crippen MR) is 69.7 cm³/mol. The third-order valence-electron chi connectivity index (χ3n) is 2.78. The van der Waals surface area contributed by atoms with E-state index in [1.54, 1.807) is 7.11 Å². The van der Waals surface area contributed by atoms with Gasteiger partial charge in [-0.25, -0.2) is 4.58 Å². The summed E-state index contributed by atoms with van der Waals surface area (Å²) in [6.45, 7) is 0. The van der Waals surface area contributed by atoms with Crippen molar-refractivity contribution in [1.29, 1.82) is 0 Å². The van der Waals surface area contributed by atoms with Gasteiger partial charge in [-0.1, -0.05) is 5.92 Å². The minimum absolute atomic E-state index is 0.628. The van der Waals surface area contributed by atoms with Crippen molar-refractivity contribution < 1.29 is 9.31 Å². The van der Waals surface area contributed by atoms with Crippen molar-refractivity contribution in [3.05, 3.63) is 29.8 Å². The fourth-order valence-corrected chi connectivity index (χ4v) is 1.59. The maximum absolute atomic E-state index is 5.16. The van der Waals surface area contributed by atoms with Crippen molar-refractivity contribution in [2.75, 3.05) is 21.2 Å². The summed E-state index contributed by atoms with van der Waals surface area (Å²) in [5.74, 6) is 8.10. The first-order chi connectivity index (χ1) is 8.20. The van der Waals surface area contributed by atoms with Crippen molar-refractivity contribution in [2.24, 2.45) is 5.92 Å². The number of methoxy groups -OCH3 is 1. The van der Waals surface area contributed by atoms with Crippen LogP contribution in [0, 0.1) is 17.8 Å². The average Bonchev–Trinajstić information content (AvgIpc) is 3.14. The standard InChI is InChI=1S/C15H18NO/c1-16(2)15(11-6-12-4-5-12)13-7-9-14(17-3)10-8-13/h7-10,12H,4-5H2,1-3H3/q+1. The second-order valence-corrected chi connectivity index (χ2v) is 4.52. The van der Waals surface area contributed by atoms with Crippen LogP contribution in [-0.2, 0) is 0 Å². The monoisotopic (exact) mass is 228 g/mol. The van der Waals surface area contributed by atoms with Crippen molar-refractivity contribution in [1.82, 2.24) is 0 Å². The Bertz CT molecular complexity index is 480. The molecule has 0 heterocycles. The number of nitrogens with zero attached hydrogens (tertiary/aromatic N) is 1. The Morgan fingerprint density at radius 1 is 1.24 bits per heavy atom. The van der Waals surface area contributed by atoms with Crippen molar-refractivity contribution >= 4 is 5.71 Å². The highest BCUT2D eigenvalue weighted by Gasteiger charge is 2.19. The fourth-order valence-electron chi connectivity index (χ4n) is 1.59. The minimum atomic E-state index is 0.628. The van der Waals surface area contributed by atoms with Gasteiger partial charge in [0.2, 0.25) is 0 Å². The maximum Gasteiger partial charge on any atom is 0.258 e. The summed E-state index contributed by atoms with van der Waals surface area (Å²) in [5.41, 5.74) is 2.21. The largest absolute Gasteiger partial charge is 0.497 e. The third kappa shape index (κ3) is 3.10. The SMILES string of the molecule is COc1ccc(C(C#CC2CC2)=[N+](C)C)cc1. The van der Waals surface area contributed by atoms with Crippen LogP contribution in [0.4, 0.5) is 0 Å². The quantitative estimate of drug-likeness (QED) is 0.429. The van der Waals surface area contributed by atoms with E-state index in [-0.39, 0.29) is 0 Å². The number of hydrogen-bond donors (Lipinski definition) is 0. The molecule has 2 rings (SSSR count). The number of ether oxygens (including phenoxy) is 1. The smallest absolute Gasteiger partial charge is 0.258 e. The van der Waals surface area contributed by atoms with Crippen LogP contribution in [0.3, 0.4) is 0 Å². The van der Waals surface area contributed by atoms with E-state index < -0.39 is 0 Å². The molecule has 1 fully saturated rings. The molecule has 0 amide bonds. The Morgan fingerprint density at radius 3 is 2.35 bits per heavy atom. The van der Waals surface area contributed by atoms with Crippen molar-refractivity contribution in [2.45, 2.75) is 12.8 Å². The summed E-state index contributed by atoms with van der Waals surface area (Å²) in [6.07, 6.45) is 2.52. The molecule has 1 aliphatic carbocycles. The lowest BCUT2D eigenvalue weighted by molar-refractivity contribution is -0.462. The van der Waals surface area contributed by atoms with Crippen molar-refractivity contribution in [3.8, 4) is 17.6 Å². The molecule has 0 aliphatic heterocycles. The highest BCUT2D eigenvalue weighted by Crippen LogP contribution is 2.27. The second-order valence-electron chi connectivity index (χ2n) is 4.52. The average molecular weight is 228 g/mol. The first-order valence-electron chi connectivity index (χ1n) is 5.91. The van der Waals surface area contributed by atoms with Gasteiger partial charge in [0.15, 0.2) is 0 Å².